The van der Waals surface area contributed by atoms with Crippen molar-refractivity contribution >= 4 is 34.7 Å². The SMILES string of the molecule is C[Si](C)(C)[CH2][Mg][CH2]CC=O. The minimum Gasteiger partial charge on any atom is -0.303 e. The Morgan fingerprint density at radius 3 is 2.40 bits per heavy atom. The van der Waals surface area contributed by atoms with Crippen LogP contribution in [0.3, 0.4) is 0 Å². The summed E-state index contributed by atoms with van der Waals surface area (Å²) in [6, 6.07) is 0. The van der Waals surface area contributed by atoms with E-state index in [-0.39, 0.29) is 20.4 Å². The van der Waals surface area contributed by atoms with Crippen LogP contribution >= 0.6 is 0 Å². The second-order valence-corrected chi connectivity index (χ2v) is 12.5. The van der Waals surface area contributed by atoms with Crippen molar-refractivity contribution in [3.8, 4) is 0 Å². The van der Waals surface area contributed by atoms with E-state index in [1.807, 2.05) is 0 Å². The quantitative estimate of drug-likeness (QED) is 0.349. The maximum atomic E-state index is 9.96. The summed E-state index contributed by atoms with van der Waals surface area (Å²) in [5.41, 5.74) is 0. The van der Waals surface area contributed by atoms with Crippen molar-refractivity contribution in [3.05, 3.63) is 0 Å². The van der Waals surface area contributed by atoms with Crippen LogP contribution in [-0.4, -0.2) is 34.7 Å². The van der Waals surface area contributed by atoms with Gasteiger partial charge in [-0.2, -0.15) is 0 Å². The monoisotopic (exact) mass is 168 g/mol. The van der Waals surface area contributed by atoms with E-state index in [4.69, 9.17) is 0 Å². The average molecular weight is 169 g/mol. The fourth-order valence-electron chi connectivity index (χ4n) is 0.883. The van der Waals surface area contributed by atoms with Crippen LogP contribution < -0.4 is 0 Å². The van der Waals surface area contributed by atoms with Gasteiger partial charge in [-0.1, -0.05) is 19.6 Å². The molecule has 0 bridgehead atoms. The van der Waals surface area contributed by atoms with Gasteiger partial charge in [-0.05, 0) is 6.42 Å². The maximum Gasteiger partial charge on any atom is 0.361 e. The van der Waals surface area contributed by atoms with Gasteiger partial charge in [-0.3, -0.25) is 0 Å². The lowest BCUT2D eigenvalue weighted by Gasteiger charge is -2.13. The zero-order chi connectivity index (χ0) is 8.04. The lowest BCUT2D eigenvalue weighted by atomic mass is 10.6. The standard InChI is InChI=1S/C4H11Si.C3H5O.Mg/c1-5(2,3)4;1-2-3-4;/h1H2,2-4H3;3H,1-2H2;. The highest BCUT2D eigenvalue weighted by Crippen LogP contribution is 2.07. The third-order valence-electron chi connectivity index (χ3n) is 1.50. The molecule has 0 aromatic carbocycles. The van der Waals surface area contributed by atoms with Crippen molar-refractivity contribution in [1.29, 1.82) is 0 Å². The Balaban J connectivity index is 3.12. The third kappa shape index (κ3) is 8.65. The van der Waals surface area contributed by atoms with Crippen molar-refractivity contribution in [3.63, 3.8) is 0 Å². The van der Waals surface area contributed by atoms with Gasteiger partial charge in [0.1, 0.15) is 6.29 Å². The summed E-state index contributed by atoms with van der Waals surface area (Å²) in [6.07, 6.45) is 1.87. The van der Waals surface area contributed by atoms with E-state index < -0.39 is 8.07 Å². The first-order valence-corrected chi connectivity index (χ1v) is 9.70. The summed E-state index contributed by atoms with van der Waals surface area (Å²) in [6.45, 7) is 7.21. The van der Waals surface area contributed by atoms with Gasteiger partial charge in [0.2, 0.25) is 0 Å². The van der Waals surface area contributed by atoms with Crippen LogP contribution in [0.15, 0.2) is 0 Å². The zero-order valence-electron chi connectivity index (χ0n) is 7.31. The Morgan fingerprint density at radius 1 is 1.40 bits per heavy atom. The van der Waals surface area contributed by atoms with Crippen molar-refractivity contribution in [2.45, 2.75) is 34.8 Å². The van der Waals surface area contributed by atoms with Gasteiger partial charge in [-0.25, -0.2) is 0 Å². The molecule has 0 N–H and O–H groups in total. The molecule has 3 heteroatoms. The molecule has 0 atom stereocenters. The van der Waals surface area contributed by atoms with Crippen LogP contribution in [0.25, 0.3) is 0 Å². The maximum absolute atomic E-state index is 9.96. The van der Waals surface area contributed by atoms with Gasteiger partial charge >= 0.3 is 20.4 Å². The van der Waals surface area contributed by atoms with Gasteiger partial charge in [-0.15, -0.1) is 8.72 Å². The first kappa shape index (κ1) is 10.7. The highest BCUT2D eigenvalue weighted by molar-refractivity contribution is 6.83. The van der Waals surface area contributed by atoms with Crippen LogP contribution in [0.1, 0.15) is 6.42 Å². The molecule has 0 fully saturated rings. The lowest BCUT2D eigenvalue weighted by molar-refractivity contribution is -0.107. The van der Waals surface area contributed by atoms with Crippen molar-refractivity contribution < 1.29 is 4.79 Å². The molecule has 0 unspecified atom stereocenters. The molecule has 0 aromatic heterocycles. The van der Waals surface area contributed by atoms with E-state index in [2.05, 4.69) is 19.6 Å². The van der Waals surface area contributed by atoms with Crippen LogP contribution in [0, 0.1) is 0 Å². The number of aldehydes is 1. The molecule has 10 heavy (non-hydrogen) atoms. The number of hydrogen-bond acceptors (Lipinski definition) is 1. The zero-order valence-corrected chi connectivity index (χ0v) is 9.73. The molecule has 0 saturated carbocycles. The molecule has 1 nitrogen and oxygen atoms in total. The summed E-state index contributed by atoms with van der Waals surface area (Å²) in [5, 5.41) is 0. The van der Waals surface area contributed by atoms with E-state index in [9.17, 15) is 4.79 Å². The molecule has 0 aliphatic heterocycles. The normalized spacial score (nSPS) is 10.7. The summed E-state index contributed by atoms with van der Waals surface area (Å²) in [5.74, 6) is 0. The molecule has 0 rings (SSSR count). The van der Waals surface area contributed by atoms with E-state index in [1.165, 1.54) is 8.72 Å². The van der Waals surface area contributed by atoms with E-state index in [0.717, 1.165) is 12.7 Å². The third-order valence-corrected chi connectivity index (χ3v) is 9.82. The Labute approximate surface area is 74.3 Å². The molecule has 0 radical (unpaired) electrons. The van der Waals surface area contributed by atoms with Gasteiger partial charge in [0.15, 0.2) is 0 Å². The van der Waals surface area contributed by atoms with Crippen LogP contribution in [-0.2, 0) is 4.79 Å². The molecule has 0 aromatic rings. The molecular formula is C7H16MgOSi. The summed E-state index contributed by atoms with van der Waals surface area (Å²) < 4.78 is 2.73. The average Bonchev–Trinajstić information content (AvgIpc) is 1.78. The topological polar surface area (TPSA) is 17.1 Å². The summed E-state index contributed by atoms with van der Waals surface area (Å²) in [7, 11) is -0.761. The van der Waals surface area contributed by atoms with Gasteiger partial charge < -0.3 is 4.79 Å². The Bertz CT molecular complexity index is 98.3. The number of rotatable bonds is 5. The molecular weight excluding hydrogens is 152 g/mol. The van der Waals surface area contributed by atoms with Gasteiger partial charge in [0.05, 0.1) is 0 Å². The fourth-order valence-corrected chi connectivity index (χ4v) is 6.58. The highest BCUT2D eigenvalue weighted by atomic mass is 28.3. The minimum atomic E-state index is -0.761. The highest BCUT2D eigenvalue weighted by Gasteiger charge is 2.12. The molecule has 0 aliphatic carbocycles. The number of hydrogen-bond donors (Lipinski definition) is 0. The predicted molar refractivity (Wildman–Crippen MR) is 49.4 cm³/mol. The van der Waals surface area contributed by atoms with Gasteiger partial charge in [0, 0.05) is 8.07 Å². The predicted octanol–water partition coefficient (Wildman–Crippen LogP) is 1.99. The Morgan fingerprint density at radius 2 is 2.00 bits per heavy atom. The first-order chi connectivity index (χ1) is 4.56. The Hall–Kier alpha value is 0.653. The van der Waals surface area contributed by atoms with Crippen molar-refractivity contribution in [2.75, 3.05) is 0 Å². The molecule has 0 heterocycles. The molecule has 56 valence electrons. The van der Waals surface area contributed by atoms with Crippen molar-refractivity contribution in [2.24, 2.45) is 0 Å². The Kier molecular flexibility index (Phi) is 5.67. The molecule has 0 aliphatic rings. The van der Waals surface area contributed by atoms with Crippen LogP contribution in [0.5, 0.6) is 0 Å². The number of carbonyl (C=O) groups is 1. The molecule has 0 spiro atoms. The van der Waals surface area contributed by atoms with Gasteiger partial charge in [0.25, 0.3) is 0 Å². The number of carbonyl (C=O) groups excluding carboxylic acids is 1. The lowest BCUT2D eigenvalue weighted by Crippen LogP contribution is -2.22. The second kappa shape index (κ2) is 5.32. The van der Waals surface area contributed by atoms with Crippen LogP contribution in [0.4, 0.5) is 0 Å². The fraction of sp³-hybridized carbons (Fsp3) is 0.857. The second-order valence-electron chi connectivity index (χ2n) is 3.97. The van der Waals surface area contributed by atoms with E-state index in [1.54, 1.807) is 0 Å². The van der Waals surface area contributed by atoms with E-state index in [0.29, 0.717) is 0 Å². The largest absolute Gasteiger partial charge is 0.361 e. The van der Waals surface area contributed by atoms with E-state index >= 15 is 0 Å². The summed E-state index contributed by atoms with van der Waals surface area (Å²) in [4.78, 5) is 9.96. The molecule has 0 saturated heterocycles. The molecule has 0 amide bonds. The minimum absolute atomic E-state index is 0.127. The first-order valence-electron chi connectivity index (χ1n) is 4.00. The van der Waals surface area contributed by atoms with Crippen LogP contribution in [0.2, 0.25) is 28.4 Å². The smallest absolute Gasteiger partial charge is 0.303 e. The van der Waals surface area contributed by atoms with Crippen molar-refractivity contribution in [1.82, 2.24) is 0 Å². The summed E-state index contributed by atoms with van der Waals surface area (Å²) >= 11 is 0.127.